The fraction of sp³-hybridized carbons (Fsp3) is 0.318. The standard InChI is InChI=1S/C22H25BrN2O4/c1-13-5-6-18(14(2)9-13)25-19(26)7-8-21(28)29-12-20(27)24-17-10-15(3)22(23)16(4)11-17/h5-6,9-11H,7-8,12H2,1-4H3,(H,24,27)(H,25,26). The van der Waals surface area contributed by atoms with Crippen LogP contribution < -0.4 is 10.6 Å². The van der Waals surface area contributed by atoms with E-state index in [1.54, 1.807) is 0 Å². The number of aryl methyl sites for hydroxylation is 4. The quantitative estimate of drug-likeness (QED) is 0.591. The number of hydrogen-bond acceptors (Lipinski definition) is 4. The molecule has 2 rings (SSSR count). The Morgan fingerprint density at radius 1 is 0.862 bits per heavy atom. The largest absolute Gasteiger partial charge is 0.456 e. The van der Waals surface area contributed by atoms with Gasteiger partial charge in [0, 0.05) is 22.3 Å². The summed E-state index contributed by atoms with van der Waals surface area (Å²) in [6.07, 6.45) is -0.112. The van der Waals surface area contributed by atoms with Gasteiger partial charge in [-0.05, 0) is 62.6 Å². The number of esters is 1. The van der Waals surface area contributed by atoms with E-state index in [0.717, 1.165) is 26.7 Å². The van der Waals surface area contributed by atoms with Gasteiger partial charge in [0.2, 0.25) is 5.91 Å². The third kappa shape index (κ3) is 7.02. The Labute approximate surface area is 179 Å². The molecule has 2 N–H and O–H groups in total. The lowest BCUT2D eigenvalue weighted by Crippen LogP contribution is -2.22. The van der Waals surface area contributed by atoms with Crippen LogP contribution in [0.15, 0.2) is 34.8 Å². The average Bonchev–Trinajstić information content (AvgIpc) is 2.65. The van der Waals surface area contributed by atoms with E-state index in [9.17, 15) is 14.4 Å². The van der Waals surface area contributed by atoms with Crippen LogP contribution in [0.2, 0.25) is 0 Å². The molecule has 29 heavy (non-hydrogen) atoms. The van der Waals surface area contributed by atoms with Gasteiger partial charge in [-0.1, -0.05) is 33.6 Å². The summed E-state index contributed by atoms with van der Waals surface area (Å²) in [5.41, 5.74) is 5.40. The van der Waals surface area contributed by atoms with E-state index in [4.69, 9.17) is 4.74 Å². The van der Waals surface area contributed by atoms with Crippen LogP contribution in [0, 0.1) is 27.7 Å². The molecule has 0 unspecified atom stereocenters. The highest BCUT2D eigenvalue weighted by atomic mass is 79.9. The van der Waals surface area contributed by atoms with Crippen LogP contribution in [0.5, 0.6) is 0 Å². The molecule has 0 spiro atoms. The Balaban J connectivity index is 1.75. The summed E-state index contributed by atoms with van der Waals surface area (Å²) in [4.78, 5) is 35.8. The molecule has 0 fully saturated rings. The number of nitrogens with one attached hydrogen (secondary N) is 2. The van der Waals surface area contributed by atoms with Gasteiger partial charge in [0.05, 0.1) is 6.42 Å². The molecule has 0 atom stereocenters. The number of amides is 2. The summed E-state index contributed by atoms with van der Waals surface area (Å²) in [5.74, 6) is -1.31. The van der Waals surface area contributed by atoms with E-state index in [1.165, 1.54) is 0 Å². The Bertz CT molecular complexity index is 917. The van der Waals surface area contributed by atoms with Crippen LogP contribution in [0.25, 0.3) is 0 Å². The maximum Gasteiger partial charge on any atom is 0.306 e. The Hall–Kier alpha value is -2.67. The van der Waals surface area contributed by atoms with Crippen molar-refractivity contribution < 1.29 is 19.1 Å². The molecule has 0 saturated heterocycles. The molecule has 6 nitrogen and oxygen atoms in total. The molecule has 7 heteroatoms. The van der Waals surface area contributed by atoms with Gasteiger partial charge in [0.15, 0.2) is 6.61 Å². The minimum Gasteiger partial charge on any atom is -0.456 e. The van der Waals surface area contributed by atoms with E-state index in [-0.39, 0.29) is 18.7 Å². The van der Waals surface area contributed by atoms with Gasteiger partial charge >= 0.3 is 5.97 Å². The Morgan fingerprint density at radius 2 is 1.52 bits per heavy atom. The number of hydrogen-bond donors (Lipinski definition) is 2. The second kappa shape index (κ2) is 10.2. The number of carbonyl (C=O) groups is 3. The summed E-state index contributed by atoms with van der Waals surface area (Å²) in [6, 6.07) is 9.36. The molecule has 0 aliphatic rings. The first kappa shape index (κ1) is 22.6. The highest BCUT2D eigenvalue weighted by Crippen LogP contribution is 2.25. The molecular formula is C22H25BrN2O4. The summed E-state index contributed by atoms with van der Waals surface area (Å²) < 4.78 is 5.95. The molecule has 2 amide bonds. The highest BCUT2D eigenvalue weighted by molar-refractivity contribution is 9.10. The van der Waals surface area contributed by atoms with E-state index >= 15 is 0 Å². The van der Waals surface area contributed by atoms with Crippen LogP contribution in [-0.2, 0) is 19.1 Å². The van der Waals surface area contributed by atoms with Crippen molar-refractivity contribution in [3.63, 3.8) is 0 Å². The Kier molecular flexibility index (Phi) is 7.96. The molecule has 0 saturated carbocycles. The van der Waals surface area contributed by atoms with E-state index in [1.807, 2.05) is 58.0 Å². The van der Waals surface area contributed by atoms with Gasteiger partial charge in [0.1, 0.15) is 0 Å². The third-order valence-electron chi connectivity index (χ3n) is 4.30. The summed E-state index contributed by atoms with van der Waals surface area (Å²) in [6.45, 7) is 7.34. The monoisotopic (exact) mass is 460 g/mol. The average molecular weight is 461 g/mol. The van der Waals surface area contributed by atoms with Gasteiger partial charge in [-0.2, -0.15) is 0 Å². The van der Waals surface area contributed by atoms with Crippen molar-refractivity contribution in [3.8, 4) is 0 Å². The molecule has 0 aromatic heterocycles. The van der Waals surface area contributed by atoms with Crippen LogP contribution >= 0.6 is 15.9 Å². The number of rotatable bonds is 7. The second-order valence-electron chi connectivity index (χ2n) is 7.00. The van der Waals surface area contributed by atoms with Crippen molar-refractivity contribution in [2.75, 3.05) is 17.2 Å². The van der Waals surface area contributed by atoms with Crippen molar-refractivity contribution in [2.24, 2.45) is 0 Å². The fourth-order valence-electron chi connectivity index (χ4n) is 2.82. The fourth-order valence-corrected chi connectivity index (χ4v) is 3.04. The maximum absolute atomic E-state index is 12.0. The number of ether oxygens (including phenoxy) is 1. The first-order chi connectivity index (χ1) is 13.7. The van der Waals surface area contributed by atoms with Crippen LogP contribution in [0.3, 0.4) is 0 Å². The lowest BCUT2D eigenvalue weighted by atomic mass is 10.1. The summed E-state index contributed by atoms with van der Waals surface area (Å²) in [7, 11) is 0. The zero-order valence-electron chi connectivity index (χ0n) is 17.0. The minimum atomic E-state index is -0.598. The second-order valence-corrected chi connectivity index (χ2v) is 7.79. The van der Waals surface area contributed by atoms with Gasteiger partial charge in [0.25, 0.3) is 5.91 Å². The first-order valence-corrected chi connectivity index (χ1v) is 10.0. The molecule has 0 radical (unpaired) electrons. The van der Waals surface area contributed by atoms with Gasteiger partial charge < -0.3 is 15.4 Å². The molecule has 2 aromatic carbocycles. The van der Waals surface area contributed by atoms with Crippen molar-refractivity contribution in [3.05, 3.63) is 57.1 Å². The normalized spacial score (nSPS) is 10.4. The number of benzene rings is 2. The van der Waals surface area contributed by atoms with Gasteiger partial charge in [-0.25, -0.2) is 0 Å². The van der Waals surface area contributed by atoms with Crippen LogP contribution in [-0.4, -0.2) is 24.4 Å². The van der Waals surface area contributed by atoms with E-state index in [2.05, 4.69) is 26.6 Å². The van der Waals surface area contributed by atoms with Crippen LogP contribution in [0.1, 0.15) is 35.1 Å². The number of halogens is 1. The summed E-state index contributed by atoms with van der Waals surface area (Å²) >= 11 is 3.47. The van der Waals surface area contributed by atoms with Crippen molar-refractivity contribution in [1.82, 2.24) is 0 Å². The lowest BCUT2D eigenvalue weighted by molar-refractivity contribution is -0.147. The highest BCUT2D eigenvalue weighted by Gasteiger charge is 2.12. The molecule has 0 heterocycles. The Morgan fingerprint density at radius 3 is 2.14 bits per heavy atom. The molecule has 0 aliphatic heterocycles. The predicted molar refractivity (Wildman–Crippen MR) is 117 cm³/mol. The first-order valence-electron chi connectivity index (χ1n) is 9.25. The minimum absolute atomic E-state index is 0.0150. The summed E-state index contributed by atoms with van der Waals surface area (Å²) in [5, 5.41) is 5.47. The number of anilines is 2. The zero-order chi connectivity index (χ0) is 21.6. The van der Waals surface area contributed by atoms with Crippen LogP contribution in [0.4, 0.5) is 11.4 Å². The van der Waals surface area contributed by atoms with Crippen molar-refractivity contribution >= 4 is 45.1 Å². The maximum atomic E-state index is 12.0. The van der Waals surface area contributed by atoms with Gasteiger partial charge in [-0.3, -0.25) is 14.4 Å². The predicted octanol–water partition coefficient (Wildman–Crippen LogP) is 4.58. The van der Waals surface area contributed by atoms with Crippen molar-refractivity contribution in [1.29, 1.82) is 0 Å². The number of carbonyl (C=O) groups excluding carboxylic acids is 3. The molecule has 2 aromatic rings. The zero-order valence-corrected chi connectivity index (χ0v) is 18.6. The lowest BCUT2D eigenvalue weighted by Gasteiger charge is -2.10. The van der Waals surface area contributed by atoms with Gasteiger partial charge in [-0.15, -0.1) is 0 Å². The topological polar surface area (TPSA) is 84.5 Å². The smallest absolute Gasteiger partial charge is 0.306 e. The van der Waals surface area contributed by atoms with E-state index < -0.39 is 18.5 Å². The SMILES string of the molecule is Cc1ccc(NC(=O)CCC(=O)OCC(=O)Nc2cc(C)c(Br)c(C)c2)c(C)c1. The molecule has 154 valence electrons. The third-order valence-corrected chi connectivity index (χ3v) is 5.55. The molecular weight excluding hydrogens is 436 g/mol. The molecule has 0 bridgehead atoms. The van der Waals surface area contributed by atoms with Crippen molar-refractivity contribution in [2.45, 2.75) is 40.5 Å². The molecule has 0 aliphatic carbocycles. The van der Waals surface area contributed by atoms with E-state index in [0.29, 0.717) is 11.4 Å².